The summed E-state index contributed by atoms with van der Waals surface area (Å²) in [5, 5.41) is 10.2. The molecule has 1 aliphatic heterocycles. The maximum atomic E-state index is 12.3. The van der Waals surface area contributed by atoms with E-state index in [2.05, 4.69) is 0 Å². The number of amides is 1. The Morgan fingerprint density at radius 2 is 2.05 bits per heavy atom. The predicted molar refractivity (Wildman–Crippen MR) is 81.8 cm³/mol. The molecule has 0 bridgehead atoms. The van der Waals surface area contributed by atoms with Gasteiger partial charge in [-0.3, -0.25) is 0 Å². The molecule has 1 saturated heterocycles. The number of nitrogens with zero attached hydrogens (tertiary/aromatic N) is 1. The van der Waals surface area contributed by atoms with Gasteiger partial charge in [0.2, 0.25) is 0 Å². The van der Waals surface area contributed by atoms with E-state index >= 15 is 0 Å². The van der Waals surface area contributed by atoms with Gasteiger partial charge >= 0.3 is 6.09 Å². The predicted octanol–water partition coefficient (Wildman–Crippen LogP) is 3.19. The SMILES string of the molecule is C[C@@H]1[C@@H](C(C)(C)O)CCCN1C(=O)OCc1ccccc1. The molecule has 1 amide bonds. The van der Waals surface area contributed by atoms with Gasteiger partial charge in [0, 0.05) is 18.5 Å². The smallest absolute Gasteiger partial charge is 0.410 e. The Morgan fingerprint density at radius 1 is 1.38 bits per heavy atom. The van der Waals surface area contributed by atoms with E-state index in [4.69, 9.17) is 4.74 Å². The number of carbonyl (C=O) groups excluding carboxylic acids is 1. The molecule has 0 unspecified atom stereocenters. The summed E-state index contributed by atoms with van der Waals surface area (Å²) in [5.41, 5.74) is 0.201. The number of likely N-dealkylation sites (tertiary alicyclic amines) is 1. The Hall–Kier alpha value is -1.55. The van der Waals surface area contributed by atoms with Crippen LogP contribution in [0, 0.1) is 5.92 Å². The number of hydrogen-bond acceptors (Lipinski definition) is 3. The third kappa shape index (κ3) is 3.97. The lowest BCUT2D eigenvalue weighted by Gasteiger charge is -2.43. The molecule has 0 radical (unpaired) electrons. The lowest BCUT2D eigenvalue weighted by Crippen LogP contribution is -2.53. The highest BCUT2D eigenvalue weighted by molar-refractivity contribution is 5.68. The second kappa shape index (κ2) is 6.48. The molecule has 0 saturated carbocycles. The van der Waals surface area contributed by atoms with Crippen molar-refractivity contribution in [3.05, 3.63) is 35.9 Å². The Labute approximate surface area is 126 Å². The van der Waals surface area contributed by atoms with E-state index in [1.807, 2.05) is 51.1 Å². The van der Waals surface area contributed by atoms with Gasteiger partial charge < -0.3 is 14.7 Å². The molecular weight excluding hydrogens is 266 g/mol. The van der Waals surface area contributed by atoms with Crippen LogP contribution in [-0.2, 0) is 11.3 Å². The molecule has 0 aromatic heterocycles. The van der Waals surface area contributed by atoms with Gasteiger partial charge in [-0.2, -0.15) is 0 Å². The van der Waals surface area contributed by atoms with Crippen LogP contribution < -0.4 is 0 Å². The first-order valence-corrected chi connectivity index (χ1v) is 7.59. The minimum absolute atomic E-state index is 0.0120. The van der Waals surface area contributed by atoms with Gasteiger partial charge in [-0.25, -0.2) is 4.79 Å². The summed E-state index contributed by atoms with van der Waals surface area (Å²) < 4.78 is 5.40. The van der Waals surface area contributed by atoms with Gasteiger partial charge in [-0.1, -0.05) is 30.3 Å². The topological polar surface area (TPSA) is 49.8 Å². The van der Waals surface area contributed by atoms with Crippen molar-refractivity contribution in [2.24, 2.45) is 5.92 Å². The minimum atomic E-state index is -0.780. The van der Waals surface area contributed by atoms with Crippen molar-refractivity contribution in [3.63, 3.8) is 0 Å². The van der Waals surface area contributed by atoms with Crippen LogP contribution in [0.4, 0.5) is 4.79 Å². The van der Waals surface area contributed by atoms with E-state index in [1.165, 1.54) is 0 Å². The molecule has 1 aromatic rings. The van der Waals surface area contributed by atoms with Gasteiger partial charge in [-0.15, -0.1) is 0 Å². The van der Waals surface area contributed by atoms with Crippen LogP contribution in [0.3, 0.4) is 0 Å². The zero-order valence-corrected chi connectivity index (χ0v) is 13.1. The maximum absolute atomic E-state index is 12.3. The molecule has 21 heavy (non-hydrogen) atoms. The number of rotatable bonds is 3. The summed E-state index contributed by atoms with van der Waals surface area (Å²) in [6.07, 6.45) is 1.55. The van der Waals surface area contributed by atoms with Gasteiger partial charge in [0.1, 0.15) is 6.61 Å². The van der Waals surface area contributed by atoms with E-state index in [9.17, 15) is 9.90 Å². The monoisotopic (exact) mass is 291 g/mol. The molecule has 1 N–H and O–H groups in total. The number of piperidine rings is 1. The van der Waals surface area contributed by atoms with E-state index < -0.39 is 5.60 Å². The van der Waals surface area contributed by atoms with E-state index in [0.29, 0.717) is 6.54 Å². The van der Waals surface area contributed by atoms with E-state index in [0.717, 1.165) is 18.4 Å². The van der Waals surface area contributed by atoms with Crippen LogP contribution in [0.25, 0.3) is 0 Å². The third-order valence-corrected chi connectivity index (χ3v) is 4.34. The summed E-state index contributed by atoms with van der Waals surface area (Å²) in [6.45, 7) is 6.60. The zero-order valence-electron chi connectivity index (χ0n) is 13.1. The molecule has 0 aliphatic carbocycles. The Bertz CT molecular complexity index is 467. The summed E-state index contributed by atoms with van der Waals surface area (Å²) in [6, 6.07) is 9.65. The van der Waals surface area contributed by atoms with Crippen LogP contribution in [0.5, 0.6) is 0 Å². The van der Waals surface area contributed by atoms with Crippen LogP contribution >= 0.6 is 0 Å². The fourth-order valence-corrected chi connectivity index (χ4v) is 3.15. The average molecular weight is 291 g/mol. The molecule has 4 heteroatoms. The van der Waals surface area contributed by atoms with Crippen molar-refractivity contribution < 1.29 is 14.6 Å². The second-order valence-electron chi connectivity index (χ2n) is 6.38. The number of hydrogen-bond donors (Lipinski definition) is 1. The van der Waals surface area contributed by atoms with Crippen molar-refractivity contribution in [3.8, 4) is 0 Å². The highest BCUT2D eigenvalue weighted by Crippen LogP contribution is 2.32. The van der Waals surface area contributed by atoms with Crippen LogP contribution in [0.15, 0.2) is 30.3 Å². The second-order valence-corrected chi connectivity index (χ2v) is 6.38. The number of ether oxygens (including phenoxy) is 1. The molecular formula is C17H25NO3. The Balaban J connectivity index is 1.95. The molecule has 1 fully saturated rings. The number of carbonyl (C=O) groups is 1. The average Bonchev–Trinajstić information content (AvgIpc) is 2.45. The molecule has 1 aromatic carbocycles. The summed E-state index contributed by atoms with van der Waals surface area (Å²) >= 11 is 0. The molecule has 1 aliphatic rings. The molecule has 2 rings (SSSR count). The lowest BCUT2D eigenvalue weighted by molar-refractivity contribution is -0.0441. The van der Waals surface area contributed by atoms with Gasteiger partial charge in [-0.05, 0) is 39.2 Å². The summed E-state index contributed by atoms with van der Waals surface area (Å²) in [7, 11) is 0. The maximum Gasteiger partial charge on any atom is 0.410 e. The normalized spacial score (nSPS) is 23.0. The van der Waals surface area contributed by atoms with Gasteiger partial charge in [0.25, 0.3) is 0 Å². The Kier molecular flexibility index (Phi) is 4.88. The standard InChI is InChI=1S/C17H25NO3/c1-13-15(17(2,3)20)10-7-11-18(13)16(19)21-12-14-8-5-4-6-9-14/h4-6,8-9,13,15,20H,7,10-12H2,1-3H3/t13-,15+/m1/s1. The highest BCUT2D eigenvalue weighted by Gasteiger charge is 2.39. The molecule has 2 atom stereocenters. The van der Waals surface area contributed by atoms with E-state index in [-0.39, 0.29) is 24.7 Å². The fourth-order valence-electron chi connectivity index (χ4n) is 3.15. The zero-order chi connectivity index (χ0) is 15.5. The van der Waals surface area contributed by atoms with Crippen LogP contribution in [0.1, 0.15) is 39.2 Å². The van der Waals surface area contributed by atoms with Crippen LogP contribution in [-0.4, -0.2) is 34.3 Å². The first-order chi connectivity index (χ1) is 9.89. The molecule has 4 nitrogen and oxygen atoms in total. The first kappa shape index (κ1) is 15.8. The highest BCUT2D eigenvalue weighted by atomic mass is 16.6. The largest absolute Gasteiger partial charge is 0.445 e. The van der Waals surface area contributed by atoms with Crippen molar-refractivity contribution in [2.45, 2.75) is 51.9 Å². The number of aliphatic hydroxyl groups is 1. The summed E-state index contributed by atoms with van der Waals surface area (Å²) in [4.78, 5) is 14.0. The molecule has 116 valence electrons. The summed E-state index contributed by atoms with van der Waals surface area (Å²) in [5.74, 6) is 0.0792. The van der Waals surface area contributed by atoms with E-state index in [1.54, 1.807) is 4.90 Å². The van der Waals surface area contributed by atoms with Crippen molar-refractivity contribution >= 4 is 6.09 Å². The van der Waals surface area contributed by atoms with Crippen molar-refractivity contribution in [1.29, 1.82) is 0 Å². The number of benzene rings is 1. The lowest BCUT2D eigenvalue weighted by atomic mass is 9.79. The van der Waals surface area contributed by atoms with Crippen molar-refractivity contribution in [2.75, 3.05) is 6.54 Å². The first-order valence-electron chi connectivity index (χ1n) is 7.59. The quantitative estimate of drug-likeness (QED) is 0.930. The molecule has 0 spiro atoms. The van der Waals surface area contributed by atoms with Crippen molar-refractivity contribution in [1.82, 2.24) is 4.90 Å². The third-order valence-electron chi connectivity index (χ3n) is 4.34. The fraction of sp³-hybridized carbons (Fsp3) is 0.588. The minimum Gasteiger partial charge on any atom is -0.445 e. The molecule has 1 heterocycles. The van der Waals surface area contributed by atoms with Crippen LogP contribution in [0.2, 0.25) is 0 Å². The van der Waals surface area contributed by atoms with Gasteiger partial charge in [0.15, 0.2) is 0 Å². The van der Waals surface area contributed by atoms with Gasteiger partial charge in [0.05, 0.1) is 5.60 Å². The Morgan fingerprint density at radius 3 is 2.67 bits per heavy atom.